The monoisotopic (exact) mass is 617 g/mol. The van der Waals surface area contributed by atoms with Crippen LogP contribution in [0.25, 0.3) is 0 Å². The van der Waals surface area contributed by atoms with E-state index in [-0.39, 0.29) is 11.6 Å². The van der Waals surface area contributed by atoms with Crippen molar-refractivity contribution in [3.63, 3.8) is 0 Å². The van der Waals surface area contributed by atoms with Crippen LogP contribution in [0.4, 0.5) is 10.5 Å². The van der Waals surface area contributed by atoms with Crippen molar-refractivity contribution in [2.75, 3.05) is 11.4 Å². The summed E-state index contributed by atoms with van der Waals surface area (Å²) in [7, 11) is 0. The molecule has 1 fully saturated rings. The van der Waals surface area contributed by atoms with Gasteiger partial charge >= 0.3 is 244 Å². The van der Waals surface area contributed by atoms with E-state index in [4.69, 9.17) is 9.47 Å². The van der Waals surface area contributed by atoms with E-state index in [0.717, 1.165) is 21.6 Å². The summed E-state index contributed by atoms with van der Waals surface area (Å²) in [6, 6.07) is 38.2. The summed E-state index contributed by atoms with van der Waals surface area (Å²) in [5, 5.41) is -0.124. The number of anilines is 1. The summed E-state index contributed by atoms with van der Waals surface area (Å²) in [6.45, 7) is 5.93. The van der Waals surface area contributed by atoms with E-state index < -0.39 is 17.1 Å². The van der Waals surface area contributed by atoms with Gasteiger partial charge in [0.05, 0.1) is 0 Å². The fraction of sp³-hybridized carbons (Fsp3) is 0.212. The first-order valence-corrected chi connectivity index (χ1v) is 17.7. The number of ether oxygens (including phenoxy) is 2. The Hall–Kier alpha value is -3.47. The van der Waals surface area contributed by atoms with Crippen LogP contribution < -0.4 is 25.6 Å². The predicted molar refractivity (Wildman–Crippen MR) is 168 cm³/mol. The van der Waals surface area contributed by atoms with Crippen molar-refractivity contribution in [3.8, 4) is 5.75 Å². The summed E-state index contributed by atoms with van der Waals surface area (Å²) in [4.78, 5) is 28.5. The summed E-state index contributed by atoms with van der Waals surface area (Å²) in [5.74, 6) is 0.422. The number of benzene rings is 4. The molecule has 1 heterocycles. The molecule has 4 aromatic rings. The average Bonchev–Trinajstić information content (AvgIpc) is 3.35. The quantitative estimate of drug-likeness (QED) is 0.133. The molecule has 1 aliphatic heterocycles. The number of halogens is 1. The molecule has 0 aliphatic carbocycles. The second kappa shape index (κ2) is 10.8. The van der Waals surface area contributed by atoms with Crippen LogP contribution in [0.5, 0.6) is 5.75 Å². The Morgan fingerprint density at radius 1 is 0.775 bits per heavy atom. The molecule has 1 amide bonds. The SMILES string of the molecule is CC(C)(C)OC(=O)Oc1ccc(N2CCC(P(Br)(c3ccccc3)(c3ccccc3)c3ccccc3)C2=O)cc1. The van der Waals surface area contributed by atoms with Crippen LogP contribution in [0.15, 0.2) is 115 Å². The van der Waals surface area contributed by atoms with Crippen molar-refractivity contribution >= 4 is 54.5 Å². The van der Waals surface area contributed by atoms with Gasteiger partial charge in [-0.15, -0.1) is 0 Å². The Kier molecular flexibility index (Phi) is 7.60. The van der Waals surface area contributed by atoms with Gasteiger partial charge in [0.1, 0.15) is 0 Å². The first-order chi connectivity index (χ1) is 19.1. The average molecular weight is 619 g/mol. The van der Waals surface area contributed by atoms with Gasteiger partial charge in [0.2, 0.25) is 0 Å². The number of carbonyl (C=O) groups excluding carboxylic acids is 2. The first-order valence-electron chi connectivity index (χ1n) is 13.3. The van der Waals surface area contributed by atoms with E-state index in [1.165, 1.54) is 0 Å². The Labute approximate surface area is 243 Å². The zero-order valence-electron chi connectivity index (χ0n) is 22.9. The van der Waals surface area contributed by atoms with Crippen LogP contribution in [0.2, 0.25) is 0 Å². The summed E-state index contributed by atoms with van der Waals surface area (Å²) >= 11 is 4.46. The van der Waals surface area contributed by atoms with Crippen LogP contribution >= 0.6 is 20.8 Å². The molecule has 0 aromatic heterocycles. The van der Waals surface area contributed by atoms with E-state index in [0.29, 0.717) is 18.7 Å². The molecule has 1 unspecified atom stereocenters. The van der Waals surface area contributed by atoms with Gasteiger partial charge in [-0.3, -0.25) is 0 Å². The maximum atomic E-state index is 14.5. The van der Waals surface area contributed by atoms with E-state index in [9.17, 15) is 9.59 Å². The molecule has 7 heteroatoms. The molecule has 0 N–H and O–H groups in total. The van der Waals surface area contributed by atoms with E-state index >= 15 is 0 Å². The number of hydrogen-bond acceptors (Lipinski definition) is 4. The molecule has 0 saturated carbocycles. The van der Waals surface area contributed by atoms with Gasteiger partial charge < -0.3 is 0 Å². The second-order valence-corrected chi connectivity index (χ2v) is 19.7. The number of rotatable bonds is 6. The van der Waals surface area contributed by atoms with Gasteiger partial charge in [-0.2, -0.15) is 0 Å². The Morgan fingerprint density at radius 3 is 1.65 bits per heavy atom. The Bertz CT molecular complexity index is 1390. The predicted octanol–water partition coefficient (Wildman–Crippen LogP) is 6.95. The molecule has 1 aliphatic rings. The summed E-state index contributed by atoms with van der Waals surface area (Å²) in [5.41, 5.74) is -0.210. The molecule has 1 saturated heterocycles. The normalized spacial score (nSPS) is 16.7. The fourth-order valence-electron chi connectivity index (χ4n) is 5.58. The van der Waals surface area contributed by atoms with E-state index in [2.05, 4.69) is 51.9 Å². The van der Waals surface area contributed by atoms with E-state index in [1.807, 2.05) is 71.6 Å². The zero-order chi connectivity index (χ0) is 28.4. The van der Waals surface area contributed by atoms with Gasteiger partial charge in [-0.1, -0.05) is 0 Å². The minimum absolute atomic E-state index is 0.0620. The van der Waals surface area contributed by atoms with Gasteiger partial charge in [0.25, 0.3) is 0 Å². The first kappa shape index (κ1) is 28.1. The fourth-order valence-corrected chi connectivity index (χ4v) is 14.2. The number of nitrogens with zero attached hydrogens (tertiary/aromatic N) is 1. The van der Waals surface area contributed by atoms with Gasteiger partial charge in [0, 0.05) is 0 Å². The van der Waals surface area contributed by atoms with Crippen molar-refractivity contribution in [1.82, 2.24) is 0 Å². The Balaban J connectivity index is 1.56. The molecule has 0 radical (unpaired) electrons. The molecular weight excluding hydrogens is 585 g/mol. The van der Waals surface area contributed by atoms with Gasteiger partial charge in [-0.25, -0.2) is 0 Å². The summed E-state index contributed by atoms with van der Waals surface area (Å²) < 4.78 is 10.6. The third-order valence-electron chi connectivity index (χ3n) is 7.28. The molecule has 5 nitrogen and oxygen atoms in total. The molecule has 0 spiro atoms. The minimum atomic E-state index is -3.48. The number of amides is 1. The van der Waals surface area contributed by atoms with Crippen LogP contribution in [-0.2, 0) is 9.53 Å². The van der Waals surface area contributed by atoms with Gasteiger partial charge in [0.15, 0.2) is 0 Å². The topological polar surface area (TPSA) is 55.8 Å². The Morgan fingerprint density at radius 2 is 1.23 bits per heavy atom. The van der Waals surface area contributed by atoms with Crippen molar-refractivity contribution in [1.29, 1.82) is 0 Å². The van der Waals surface area contributed by atoms with Crippen LogP contribution in [0.1, 0.15) is 27.2 Å². The molecular formula is C33H33BrNO4P. The zero-order valence-corrected chi connectivity index (χ0v) is 25.3. The molecule has 0 bridgehead atoms. The van der Waals surface area contributed by atoms with Gasteiger partial charge in [-0.05, 0) is 0 Å². The van der Waals surface area contributed by atoms with Crippen LogP contribution in [0.3, 0.4) is 0 Å². The third kappa shape index (κ3) is 4.95. The molecule has 40 heavy (non-hydrogen) atoms. The van der Waals surface area contributed by atoms with E-state index in [1.54, 1.807) is 32.9 Å². The molecule has 206 valence electrons. The van der Waals surface area contributed by atoms with Crippen LogP contribution in [0, 0.1) is 0 Å². The van der Waals surface area contributed by atoms with Crippen molar-refractivity contribution < 1.29 is 19.1 Å². The number of carbonyl (C=O) groups is 2. The molecule has 4 aromatic carbocycles. The molecule has 1 atom stereocenters. The second-order valence-electron chi connectivity index (χ2n) is 10.9. The van der Waals surface area contributed by atoms with Crippen molar-refractivity contribution in [3.05, 3.63) is 115 Å². The molecule has 5 rings (SSSR count). The standard InChI is InChI=1S/C33H33BrNO4P/c1-33(2,3)39-32(37)38-26-21-19-25(20-22-26)35-24-23-30(31(35)36)40(34,27-13-7-4-8-14-27,28-15-9-5-10-16-28)29-17-11-6-12-18-29/h4-22,30H,23-24H2,1-3H3. The van der Waals surface area contributed by atoms with Crippen molar-refractivity contribution in [2.24, 2.45) is 0 Å². The number of hydrogen-bond donors (Lipinski definition) is 0. The maximum absolute atomic E-state index is 14.5. The van der Waals surface area contributed by atoms with Crippen molar-refractivity contribution in [2.45, 2.75) is 38.5 Å². The third-order valence-corrected chi connectivity index (χ3v) is 18.0. The van der Waals surface area contributed by atoms with Crippen LogP contribution in [-0.4, -0.2) is 29.9 Å². The summed E-state index contributed by atoms with van der Waals surface area (Å²) in [6.07, 6.45) is -0.0840.